The molecule has 0 radical (unpaired) electrons. The van der Waals surface area contributed by atoms with Gasteiger partial charge in [-0.1, -0.05) is 0 Å². The number of hydrogen-bond acceptors (Lipinski definition) is 0. The van der Waals surface area contributed by atoms with Crippen molar-refractivity contribution in [2.75, 3.05) is 0 Å². The van der Waals surface area contributed by atoms with Gasteiger partial charge in [-0.2, -0.15) is 0 Å². The summed E-state index contributed by atoms with van der Waals surface area (Å²) in [6, 6.07) is 33.3. The van der Waals surface area contributed by atoms with Crippen LogP contribution < -0.4 is 0 Å². The summed E-state index contributed by atoms with van der Waals surface area (Å²) >= 11 is -2.87. The second-order valence-corrected chi connectivity index (χ2v) is 23.8. The van der Waals surface area contributed by atoms with Crippen molar-refractivity contribution in [3.05, 3.63) is 160 Å². The monoisotopic (exact) mass is 756 g/mol. The van der Waals surface area contributed by atoms with Crippen LogP contribution in [-0.4, -0.2) is 3.21 Å². The van der Waals surface area contributed by atoms with E-state index in [1.165, 1.54) is 87.7 Å². The number of hydrogen-bond donors (Lipinski definition) is 0. The van der Waals surface area contributed by atoms with E-state index in [9.17, 15) is 0 Å². The zero-order valence-corrected chi connectivity index (χ0v) is 35.1. The Labute approximate surface area is 320 Å². The van der Waals surface area contributed by atoms with Crippen molar-refractivity contribution < 1.29 is 21.3 Å². The van der Waals surface area contributed by atoms with Crippen LogP contribution in [0.3, 0.4) is 0 Å². The van der Waals surface area contributed by atoms with Crippen molar-refractivity contribution in [2.24, 2.45) is 11.3 Å². The molecule has 0 bridgehead atoms. The molecule has 0 heterocycles. The molecule has 0 amide bonds. The Balaban J connectivity index is 1.28. The van der Waals surface area contributed by atoms with E-state index >= 15 is 0 Å². The maximum atomic E-state index is 2.77. The Morgan fingerprint density at radius 3 is 1.87 bits per heavy atom. The van der Waals surface area contributed by atoms with Crippen LogP contribution in [-0.2, 0) is 38.5 Å². The summed E-state index contributed by atoms with van der Waals surface area (Å²) in [7, 11) is 0. The first-order valence-corrected chi connectivity index (χ1v) is 23.6. The number of allylic oxidation sites excluding steroid dienone is 8. The number of rotatable bonds is 5. The third-order valence-electron chi connectivity index (χ3n) is 13.7. The molecular weight excluding hydrogens is 704 g/mol. The standard InChI is InChI=1S/C25H25.C13H19.C13H10.Zr/c1-14-12-24(3,4)22-8-16-7-17-9-23-19(15(2)13-25(23,5)6)11-21(17)20(16)10-18(14)22;1-11-6-7-12(10-11)13(2)8-4-3-5-9-13;1-3-7-12(8-4-1)11-13-9-5-2-6-10-13;/h8-12H,7H2,1-6H3;7,10-11H,3-5,8-9H2,1-2H3;1-10H;. The van der Waals surface area contributed by atoms with Crippen LogP contribution in [0.15, 0.2) is 115 Å². The number of benzene rings is 4. The minimum atomic E-state index is -2.87. The second kappa shape index (κ2) is 12.3. The summed E-state index contributed by atoms with van der Waals surface area (Å²) in [5, 5.41) is 0. The maximum absolute atomic E-state index is 2.87. The van der Waals surface area contributed by atoms with E-state index in [0.717, 1.165) is 6.42 Å². The van der Waals surface area contributed by atoms with Crippen molar-refractivity contribution in [1.82, 2.24) is 0 Å². The van der Waals surface area contributed by atoms with Crippen LogP contribution in [0.2, 0.25) is 0 Å². The summed E-state index contributed by atoms with van der Waals surface area (Å²) in [5.41, 5.74) is 19.7. The molecule has 0 N–H and O–H groups in total. The van der Waals surface area contributed by atoms with Gasteiger partial charge in [-0.05, 0) is 0 Å². The van der Waals surface area contributed by atoms with Gasteiger partial charge in [-0.25, -0.2) is 0 Å². The average molecular weight is 758 g/mol. The molecule has 0 saturated heterocycles. The van der Waals surface area contributed by atoms with Gasteiger partial charge in [0.2, 0.25) is 0 Å². The molecule has 5 aliphatic carbocycles. The molecule has 262 valence electrons. The summed E-state index contributed by atoms with van der Waals surface area (Å²) < 4.78 is 5.17. The third-order valence-corrected chi connectivity index (χ3v) is 23.0. The molecule has 5 aliphatic rings. The van der Waals surface area contributed by atoms with E-state index < -0.39 is 21.3 Å². The van der Waals surface area contributed by atoms with Gasteiger partial charge >= 0.3 is 323 Å². The van der Waals surface area contributed by atoms with Crippen LogP contribution in [0.5, 0.6) is 0 Å². The molecule has 1 atom stereocenters. The van der Waals surface area contributed by atoms with Crippen molar-refractivity contribution in [1.29, 1.82) is 0 Å². The molecule has 1 unspecified atom stereocenters. The van der Waals surface area contributed by atoms with Gasteiger partial charge in [-0.3, -0.25) is 0 Å². The Bertz CT molecular complexity index is 2270. The van der Waals surface area contributed by atoms with Crippen LogP contribution >= 0.6 is 0 Å². The van der Waals surface area contributed by atoms with Gasteiger partial charge in [0.05, 0.1) is 0 Å². The summed E-state index contributed by atoms with van der Waals surface area (Å²) in [4.78, 5) is 0. The molecule has 0 spiro atoms. The molecule has 9 rings (SSSR count). The van der Waals surface area contributed by atoms with E-state index in [0.29, 0.717) is 11.3 Å². The van der Waals surface area contributed by atoms with Crippen molar-refractivity contribution in [3.8, 4) is 11.1 Å². The van der Waals surface area contributed by atoms with Crippen molar-refractivity contribution in [2.45, 2.75) is 105 Å². The zero-order chi connectivity index (χ0) is 36.2. The summed E-state index contributed by atoms with van der Waals surface area (Å²) in [6.07, 6.45) is 15.7. The predicted octanol–water partition coefficient (Wildman–Crippen LogP) is 13.3. The quantitative estimate of drug-likeness (QED) is 0.167. The van der Waals surface area contributed by atoms with Gasteiger partial charge < -0.3 is 0 Å². The average Bonchev–Trinajstić information content (AvgIpc) is 3.81. The van der Waals surface area contributed by atoms with Crippen molar-refractivity contribution in [3.63, 3.8) is 0 Å². The number of fused-ring (bicyclic) bond motifs is 5. The molecule has 52 heavy (non-hydrogen) atoms. The van der Waals surface area contributed by atoms with Gasteiger partial charge in [0, 0.05) is 0 Å². The van der Waals surface area contributed by atoms with Crippen LogP contribution in [0.4, 0.5) is 0 Å². The molecule has 0 aromatic heterocycles. The summed E-state index contributed by atoms with van der Waals surface area (Å²) in [5.74, 6) is 0.463. The molecule has 1 heteroatoms. The van der Waals surface area contributed by atoms with Gasteiger partial charge in [0.25, 0.3) is 0 Å². The fourth-order valence-corrected chi connectivity index (χ4v) is 20.4. The first-order chi connectivity index (χ1) is 24.9. The van der Waals surface area contributed by atoms with Gasteiger partial charge in [0.1, 0.15) is 0 Å². The van der Waals surface area contributed by atoms with E-state index in [2.05, 4.69) is 159 Å². The Morgan fingerprint density at radius 2 is 1.25 bits per heavy atom. The first-order valence-electron chi connectivity index (χ1n) is 19.9. The fourth-order valence-electron chi connectivity index (χ4n) is 11.0. The Hall–Kier alpha value is -3.41. The Kier molecular flexibility index (Phi) is 8.14. The second-order valence-electron chi connectivity index (χ2n) is 18.1. The molecule has 4 aromatic rings. The SMILES string of the molecule is CC1=CC(C)(C)c2cc3c(cc21)-c1cc2c(cc1C3)C(C)(C)[C]([Zr]([C]1=CC(C3(C)CCCCC3)=CC1C)=[C](c1ccccc1)c1ccccc1)=C2C. The van der Waals surface area contributed by atoms with Gasteiger partial charge in [-0.15, -0.1) is 0 Å². The zero-order valence-electron chi connectivity index (χ0n) is 32.6. The summed E-state index contributed by atoms with van der Waals surface area (Å²) in [6.45, 7) is 19.8. The Morgan fingerprint density at radius 1 is 0.673 bits per heavy atom. The molecule has 1 saturated carbocycles. The fraction of sp³-hybridized carbons (Fsp3) is 0.353. The van der Waals surface area contributed by atoms with E-state index in [1.54, 1.807) is 26.5 Å². The minimum absolute atomic E-state index is 0.0477. The van der Waals surface area contributed by atoms with Crippen LogP contribution in [0.1, 0.15) is 132 Å². The van der Waals surface area contributed by atoms with E-state index in [1.807, 2.05) is 0 Å². The predicted molar refractivity (Wildman–Crippen MR) is 220 cm³/mol. The molecule has 1 fully saturated rings. The van der Waals surface area contributed by atoms with E-state index in [-0.39, 0.29) is 10.8 Å². The normalized spacial score (nSPS) is 21.5. The first kappa shape index (κ1) is 34.4. The van der Waals surface area contributed by atoms with Crippen molar-refractivity contribution >= 4 is 14.4 Å². The topological polar surface area (TPSA) is 0 Å². The molecule has 0 nitrogen and oxygen atoms in total. The van der Waals surface area contributed by atoms with E-state index in [4.69, 9.17) is 0 Å². The van der Waals surface area contributed by atoms with Crippen LogP contribution in [0, 0.1) is 11.3 Å². The molecule has 0 aliphatic heterocycles. The molecule has 4 aromatic carbocycles. The molecular formula is C51H54Zr. The third kappa shape index (κ3) is 5.27. The van der Waals surface area contributed by atoms with Crippen LogP contribution in [0.25, 0.3) is 22.3 Å². The van der Waals surface area contributed by atoms with Gasteiger partial charge in [0.15, 0.2) is 0 Å².